The smallest absolute Gasteiger partial charge is 0.325 e. The van der Waals surface area contributed by atoms with Gasteiger partial charge in [0.25, 0.3) is 5.91 Å². The van der Waals surface area contributed by atoms with E-state index in [0.717, 1.165) is 6.42 Å². The lowest BCUT2D eigenvalue weighted by Crippen LogP contribution is -2.44. The highest BCUT2D eigenvalue weighted by Gasteiger charge is 2.24. The van der Waals surface area contributed by atoms with Crippen molar-refractivity contribution >= 4 is 23.5 Å². The predicted octanol–water partition coefficient (Wildman–Crippen LogP) is 2.91. The first-order valence-electron chi connectivity index (χ1n) is 7.34. The molecule has 0 aliphatic heterocycles. The van der Waals surface area contributed by atoms with E-state index in [1.54, 1.807) is 38.1 Å². The van der Waals surface area contributed by atoms with Crippen molar-refractivity contribution < 1.29 is 19.1 Å². The van der Waals surface area contributed by atoms with Crippen LogP contribution in [0.5, 0.6) is 5.75 Å². The fraction of sp³-hybridized carbons (Fsp3) is 0.500. The topological polar surface area (TPSA) is 55.8 Å². The average Bonchev–Trinajstić information content (AvgIpc) is 2.48. The molecule has 6 heteroatoms. The van der Waals surface area contributed by atoms with E-state index in [9.17, 15) is 9.59 Å². The summed E-state index contributed by atoms with van der Waals surface area (Å²) in [5.41, 5.74) is 0. The van der Waals surface area contributed by atoms with Crippen molar-refractivity contribution in [2.24, 2.45) is 0 Å². The lowest BCUT2D eigenvalue weighted by atomic mass is 10.3. The molecule has 0 aliphatic carbocycles. The largest absolute Gasteiger partial charge is 0.481 e. The number of esters is 1. The average molecular weight is 328 g/mol. The van der Waals surface area contributed by atoms with Crippen LogP contribution in [0, 0.1) is 0 Å². The van der Waals surface area contributed by atoms with Gasteiger partial charge in [-0.1, -0.05) is 18.5 Å². The monoisotopic (exact) mass is 327 g/mol. The predicted molar refractivity (Wildman–Crippen MR) is 85.0 cm³/mol. The minimum absolute atomic E-state index is 0.0607. The first kappa shape index (κ1) is 18.3. The van der Waals surface area contributed by atoms with Crippen LogP contribution in [-0.2, 0) is 14.3 Å². The number of rotatable bonds is 8. The van der Waals surface area contributed by atoms with Gasteiger partial charge in [0, 0.05) is 11.6 Å². The molecule has 0 saturated carbocycles. The number of benzene rings is 1. The van der Waals surface area contributed by atoms with Crippen LogP contribution in [0.4, 0.5) is 0 Å². The van der Waals surface area contributed by atoms with Crippen LogP contribution < -0.4 is 4.74 Å². The zero-order chi connectivity index (χ0) is 16.5. The van der Waals surface area contributed by atoms with Gasteiger partial charge in [0.2, 0.25) is 0 Å². The zero-order valence-electron chi connectivity index (χ0n) is 13.2. The maximum absolute atomic E-state index is 12.4. The summed E-state index contributed by atoms with van der Waals surface area (Å²) < 4.78 is 10.5. The molecule has 22 heavy (non-hydrogen) atoms. The van der Waals surface area contributed by atoms with E-state index >= 15 is 0 Å². The van der Waals surface area contributed by atoms with Gasteiger partial charge in [0.05, 0.1) is 6.61 Å². The Balaban J connectivity index is 2.66. The summed E-state index contributed by atoms with van der Waals surface area (Å²) in [6.45, 7) is 6.04. The first-order valence-corrected chi connectivity index (χ1v) is 7.72. The molecule has 1 unspecified atom stereocenters. The molecule has 0 bridgehead atoms. The molecular formula is C16H22ClNO4. The van der Waals surface area contributed by atoms with Gasteiger partial charge in [-0.25, -0.2) is 0 Å². The number of hydrogen-bond donors (Lipinski definition) is 0. The van der Waals surface area contributed by atoms with E-state index < -0.39 is 12.1 Å². The molecule has 122 valence electrons. The highest BCUT2D eigenvalue weighted by molar-refractivity contribution is 6.30. The third-order valence-corrected chi connectivity index (χ3v) is 3.16. The van der Waals surface area contributed by atoms with Crippen molar-refractivity contribution in [3.63, 3.8) is 0 Å². The third-order valence-electron chi connectivity index (χ3n) is 2.90. The van der Waals surface area contributed by atoms with Crippen LogP contribution in [0.1, 0.15) is 27.2 Å². The van der Waals surface area contributed by atoms with Crippen LogP contribution in [-0.4, -0.2) is 42.6 Å². The van der Waals surface area contributed by atoms with Gasteiger partial charge in [0.1, 0.15) is 12.3 Å². The molecule has 0 radical (unpaired) electrons. The highest BCUT2D eigenvalue weighted by Crippen LogP contribution is 2.17. The van der Waals surface area contributed by atoms with Crippen LogP contribution in [0.25, 0.3) is 0 Å². The molecule has 1 aromatic carbocycles. The summed E-state index contributed by atoms with van der Waals surface area (Å²) in [4.78, 5) is 25.4. The molecule has 0 saturated heterocycles. The normalized spacial score (nSPS) is 11.6. The highest BCUT2D eigenvalue weighted by atomic mass is 35.5. The molecule has 1 rings (SSSR count). The van der Waals surface area contributed by atoms with Crippen LogP contribution >= 0.6 is 11.6 Å². The lowest BCUT2D eigenvalue weighted by molar-refractivity contribution is -0.151. The Labute approximate surface area is 136 Å². The molecular weight excluding hydrogens is 306 g/mol. The Morgan fingerprint density at radius 3 is 2.41 bits per heavy atom. The lowest BCUT2D eigenvalue weighted by Gasteiger charge is -2.24. The summed E-state index contributed by atoms with van der Waals surface area (Å²) in [5.74, 6) is -0.106. The number of carbonyl (C=O) groups is 2. The molecule has 0 spiro atoms. The summed E-state index contributed by atoms with van der Waals surface area (Å²) in [6.07, 6.45) is 0.0564. The van der Waals surface area contributed by atoms with E-state index in [1.807, 2.05) is 6.92 Å². The first-order chi connectivity index (χ1) is 10.5. The van der Waals surface area contributed by atoms with E-state index in [0.29, 0.717) is 23.9 Å². The number of ether oxygens (including phenoxy) is 2. The SMILES string of the molecule is CCCN(CC(=O)OCC)C(=O)C(C)Oc1ccc(Cl)cc1. The van der Waals surface area contributed by atoms with Gasteiger partial charge in [0.15, 0.2) is 6.10 Å². The molecule has 1 amide bonds. The van der Waals surface area contributed by atoms with Gasteiger partial charge >= 0.3 is 5.97 Å². The summed E-state index contributed by atoms with van der Waals surface area (Å²) in [7, 11) is 0. The second-order valence-electron chi connectivity index (χ2n) is 4.78. The number of halogens is 1. The van der Waals surface area contributed by atoms with E-state index in [-0.39, 0.29) is 12.5 Å². The Morgan fingerprint density at radius 2 is 1.86 bits per heavy atom. The third kappa shape index (κ3) is 5.93. The Bertz CT molecular complexity index is 489. The Morgan fingerprint density at radius 1 is 1.23 bits per heavy atom. The van der Waals surface area contributed by atoms with E-state index in [1.165, 1.54) is 4.90 Å². The molecule has 0 aliphatic rings. The Hall–Kier alpha value is -1.75. The number of nitrogens with zero attached hydrogens (tertiary/aromatic N) is 1. The molecule has 0 heterocycles. The number of carbonyl (C=O) groups excluding carboxylic acids is 2. The summed E-state index contributed by atoms with van der Waals surface area (Å²) in [6, 6.07) is 6.77. The van der Waals surface area contributed by atoms with Crippen molar-refractivity contribution in [1.29, 1.82) is 0 Å². The molecule has 1 atom stereocenters. The Kier molecular flexibility index (Phi) is 7.74. The van der Waals surface area contributed by atoms with Crippen molar-refractivity contribution in [2.45, 2.75) is 33.3 Å². The van der Waals surface area contributed by atoms with Crippen molar-refractivity contribution in [1.82, 2.24) is 4.90 Å². The maximum Gasteiger partial charge on any atom is 0.325 e. The number of amides is 1. The van der Waals surface area contributed by atoms with Crippen molar-refractivity contribution in [2.75, 3.05) is 19.7 Å². The second kappa shape index (κ2) is 9.30. The van der Waals surface area contributed by atoms with Gasteiger partial charge in [-0.05, 0) is 44.5 Å². The summed E-state index contributed by atoms with van der Waals surface area (Å²) >= 11 is 5.81. The standard InChI is InChI=1S/C16H22ClNO4/c1-4-10-18(11-15(19)21-5-2)16(20)12(3)22-14-8-6-13(17)7-9-14/h6-9,12H,4-5,10-11H2,1-3H3. The molecule has 5 nitrogen and oxygen atoms in total. The van der Waals surface area contributed by atoms with E-state index in [4.69, 9.17) is 21.1 Å². The van der Waals surface area contributed by atoms with Crippen molar-refractivity contribution in [3.8, 4) is 5.75 Å². The fourth-order valence-corrected chi connectivity index (χ4v) is 2.05. The molecule has 0 fully saturated rings. The molecule has 1 aromatic rings. The maximum atomic E-state index is 12.4. The number of hydrogen-bond acceptors (Lipinski definition) is 4. The molecule has 0 N–H and O–H groups in total. The summed E-state index contributed by atoms with van der Waals surface area (Å²) in [5, 5.41) is 0.598. The van der Waals surface area contributed by atoms with Gasteiger partial charge in [-0.2, -0.15) is 0 Å². The van der Waals surface area contributed by atoms with Gasteiger partial charge in [-0.15, -0.1) is 0 Å². The quantitative estimate of drug-likeness (QED) is 0.689. The second-order valence-corrected chi connectivity index (χ2v) is 5.22. The van der Waals surface area contributed by atoms with Crippen LogP contribution in [0.2, 0.25) is 5.02 Å². The minimum atomic E-state index is -0.692. The van der Waals surface area contributed by atoms with Gasteiger partial charge in [-0.3, -0.25) is 9.59 Å². The van der Waals surface area contributed by atoms with Gasteiger partial charge < -0.3 is 14.4 Å². The van der Waals surface area contributed by atoms with E-state index in [2.05, 4.69) is 0 Å². The van der Waals surface area contributed by atoms with Crippen LogP contribution in [0.15, 0.2) is 24.3 Å². The van der Waals surface area contributed by atoms with Crippen LogP contribution in [0.3, 0.4) is 0 Å². The zero-order valence-corrected chi connectivity index (χ0v) is 13.9. The molecule has 0 aromatic heterocycles. The van der Waals surface area contributed by atoms with Crippen molar-refractivity contribution in [3.05, 3.63) is 29.3 Å². The minimum Gasteiger partial charge on any atom is -0.481 e. The fourth-order valence-electron chi connectivity index (χ4n) is 1.92.